The van der Waals surface area contributed by atoms with E-state index in [0.717, 1.165) is 16.0 Å². The van der Waals surface area contributed by atoms with Crippen molar-refractivity contribution >= 4 is 43.1 Å². The van der Waals surface area contributed by atoms with Crippen LogP contribution in [0.15, 0.2) is 91.0 Å². The monoisotopic (exact) mass is 370 g/mol. The van der Waals surface area contributed by atoms with Crippen molar-refractivity contribution < 1.29 is 0 Å². The highest BCUT2D eigenvalue weighted by Crippen LogP contribution is 2.44. The fourth-order valence-electron chi connectivity index (χ4n) is 3.57. The first kappa shape index (κ1) is 15.6. The molecule has 26 heavy (non-hydrogen) atoms. The van der Waals surface area contributed by atoms with Crippen LogP contribution in [-0.2, 0) is 0 Å². The quantitative estimate of drug-likeness (QED) is 0.295. The number of halogens is 1. The van der Waals surface area contributed by atoms with Crippen molar-refractivity contribution in [3.8, 4) is 22.3 Å². The minimum Gasteiger partial charge on any atom is -0.135 e. The molecule has 1 aromatic heterocycles. The zero-order chi connectivity index (χ0) is 17.5. The molecule has 0 unspecified atom stereocenters. The van der Waals surface area contributed by atoms with E-state index in [-0.39, 0.29) is 0 Å². The van der Waals surface area contributed by atoms with Crippen LogP contribution >= 0.6 is 22.9 Å². The predicted molar refractivity (Wildman–Crippen MR) is 115 cm³/mol. The van der Waals surface area contributed by atoms with Gasteiger partial charge in [0.05, 0.1) is 5.02 Å². The summed E-state index contributed by atoms with van der Waals surface area (Å²) in [7, 11) is 0. The van der Waals surface area contributed by atoms with Gasteiger partial charge in [0.1, 0.15) is 0 Å². The second-order valence-corrected chi connectivity index (χ2v) is 7.77. The fraction of sp³-hybridized carbons (Fsp3) is 0. The van der Waals surface area contributed by atoms with Gasteiger partial charge in [-0.3, -0.25) is 0 Å². The number of hydrogen-bond acceptors (Lipinski definition) is 1. The van der Waals surface area contributed by atoms with Gasteiger partial charge in [-0.25, -0.2) is 0 Å². The molecule has 0 aliphatic carbocycles. The number of fused-ring (bicyclic) bond motifs is 3. The van der Waals surface area contributed by atoms with Crippen LogP contribution in [0.1, 0.15) is 0 Å². The lowest BCUT2D eigenvalue weighted by molar-refractivity contribution is 1.60. The molecule has 4 aromatic carbocycles. The van der Waals surface area contributed by atoms with Crippen molar-refractivity contribution in [1.82, 2.24) is 0 Å². The van der Waals surface area contributed by atoms with E-state index in [1.54, 1.807) is 11.3 Å². The Morgan fingerprint density at radius 2 is 1.23 bits per heavy atom. The van der Waals surface area contributed by atoms with Crippen molar-refractivity contribution in [3.05, 3.63) is 96.0 Å². The second-order valence-electron chi connectivity index (χ2n) is 6.31. The molecule has 0 amide bonds. The summed E-state index contributed by atoms with van der Waals surface area (Å²) in [6.45, 7) is 0. The molecule has 0 radical (unpaired) electrons. The summed E-state index contributed by atoms with van der Waals surface area (Å²) in [6.07, 6.45) is 0. The van der Waals surface area contributed by atoms with Crippen molar-refractivity contribution in [1.29, 1.82) is 0 Å². The summed E-state index contributed by atoms with van der Waals surface area (Å²) in [5, 5.41) is 3.23. The van der Waals surface area contributed by atoms with Crippen LogP contribution in [0.3, 0.4) is 0 Å². The lowest BCUT2D eigenvalue weighted by Crippen LogP contribution is -1.86. The van der Waals surface area contributed by atoms with Gasteiger partial charge in [0, 0.05) is 25.7 Å². The standard InChI is InChI=1S/C24H15ClS/c25-24-19(14-15-22-23(24)20-12-6-7-13-21(20)26-22)18-11-5-4-10-17(18)16-8-2-1-3-9-16/h1-15H. The molecule has 0 nitrogen and oxygen atoms in total. The Hall–Kier alpha value is -2.61. The van der Waals surface area contributed by atoms with Crippen LogP contribution in [0.4, 0.5) is 0 Å². The Bertz CT molecular complexity index is 1240. The average molecular weight is 371 g/mol. The third-order valence-corrected chi connectivity index (χ3v) is 6.31. The fourth-order valence-corrected chi connectivity index (χ4v) is 5.11. The molecule has 0 saturated carbocycles. The van der Waals surface area contributed by atoms with Gasteiger partial charge >= 0.3 is 0 Å². The Morgan fingerprint density at radius 3 is 2.08 bits per heavy atom. The smallest absolute Gasteiger partial charge is 0.0577 e. The minimum absolute atomic E-state index is 0.836. The summed E-state index contributed by atoms with van der Waals surface area (Å²) in [6, 6.07) is 31.8. The van der Waals surface area contributed by atoms with Crippen molar-refractivity contribution in [3.63, 3.8) is 0 Å². The van der Waals surface area contributed by atoms with Gasteiger partial charge in [-0.15, -0.1) is 11.3 Å². The molecule has 0 aliphatic rings. The molecule has 124 valence electrons. The van der Waals surface area contributed by atoms with E-state index in [9.17, 15) is 0 Å². The lowest BCUT2D eigenvalue weighted by Gasteiger charge is -2.12. The van der Waals surface area contributed by atoms with E-state index in [1.165, 1.54) is 31.5 Å². The largest absolute Gasteiger partial charge is 0.135 e. The molecule has 2 heteroatoms. The van der Waals surface area contributed by atoms with Crippen LogP contribution in [0.2, 0.25) is 5.02 Å². The van der Waals surface area contributed by atoms with Crippen molar-refractivity contribution in [2.24, 2.45) is 0 Å². The first-order chi connectivity index (χ1) is 12.8. The zero-order valence-electron chi connectivity index (χ0n) is 13.9. The molecule has 1 heterocycles. The molecule has 0 atom stereocenters. The highest BCUT2D eigenvalue weighted by Gasteiger charge is 2.15. The van der Waals surface area contributed by atoms with Crippen LogP contribution in [0.5, 0.6) is 0 Å². The van der Waals surface area contributed by atoms with Gasteiger partial charge in [-0.1, -0.05) is 90.5 Å². The molecule has 0 bridgehead atoms. The number of rotatable bonds is 2. The molecular formula is C24H15ClS. The maximum atomic E-state index is 6.96. The molecule has 0 saturated heterocycles. The van der Waals surface area contributed by atoms with Gasteiger partial charge in [-0.05, 0) is 28.8 Å². The Labute approximate surface area is 161 Å². The number of benzene rings is 4. The van der Waals surface area contributed by atoms with E-state index in [1.807, 2.05) is 6.07 Å². The highest BCUT2D eigenvalue weighted by atomic mass is 35.5. The molecule has 0 fully saturated rings. The average Bonchev–Trinajstić information content (AvgIpc) is 3.08. The Morgan fingerprint density at radius 1 is 0.538 bits per heavy atom. The van der Waals surface area contributed by atoms with Crippen molar-refractivity contribution in [2.75, 3.05) is 0 Å². The van der Waals surface area contributed by atoms with Gasteiger partial charge in [0.15, 0.2) is 0 Å². The third-order valence-electron chi connectivity index (χ3n) is 4.78. The van der Waals surface area contributed by atoms with Gasteiger partial charge in [0.2, 0.25) is 0 Å². The molecule has 0 N–H and O–H groups in total. The van der Waals surface area contributed by atoms with Crippen LogP contribution in [0, 0.1) is 0 Å². The van der Waals surface area contributed by atoms with E-state index >= 15 is 0 Å². The van der Waals surface area contributed by atoms with Gasteiger partial charge < -0.3 is 0 Å². The topological polar surface area (TPSA) is 0 Å². The lowest BCUT2D eigenvalue weighted by atomic mass is 9.94. The first-order valence-electron chi connectivity index (χ1n) is 8.57. The van der Waals surface area contributed by atoms with Crippen LogP contribution in [-0.4, -0.2) is 0 Å². The maximum absolute atomic E-state index is 6.96. The number of hydrogen-bond donors (Lipinski definition) is 0. The molecule has 0 spiro atoms. The normalized spacial score (nSPS) is 11.3. The van der Waals surface area contributed by atoms with E-state index in [4.69, 9.17) is 11.6 Å². The molecule has 5 aromatic rings. The third kappa shape index (κ3) is 2.44. The van der Waals surface area contributed by atoms with Crippen molar-refractivity contribution in [2.45, 2.75) is 0 Å². The van der Waals surface area contributed by atoms with E-state index in [0.29, 0.717) is 0 Å². The predicted octanol–water partition coefficient (Wildman–Crippen LogP) is 8.04. The minimum atomic E-state index is 0.836. The summed E-state index contributed by atoms with van der Waals surface area (Å²) in [4.78, 5) is 0. The molecule has 5 rings (SSSR count). The van der Waals surface area contributed by atoms with Crippen LogP contribution < -0.4 is 0 Å². The zero-order valence-corrected chi connectivity index (χ0v) is 15.5. The second kappa shape index (κ2) is 6.28. The van der Waals surface area contributed by atoms with Gasteiger partial charge in [-0.2, -0.15) is 0 Å². The summed E-state index contributed by atoms with van der Waals surface area (Å²) in [5.74, 6) is 0. The highest BCUT2D eigenvalue weighted by molar-refractivity contribution is 7.26. The summed E-state index contributed by atoms with van der Waals surface area (Å²) in [5.41, 5.74) is 4.66. The Balaban J connectivity index is 1.81. The summed E-state index contributed by atoms with van der Waals surface area (Å²) < 4.78 is 2.51. The first-order valence-corrected chi connectivity index (χ1v) is 9.77. The van der Waals surface area contributed by atoms with E-state index in [2.05, 4.69) is 84.9 Å². The maximum Gasteiger partial charge on any atom is 0.0577 e. The molecule has 0 aliphatic heterocycles. The summed E-state index contributed by atoms with van der Waals surface area (Å²) >= 11 is 8.76. The number of thiophene rings is 1. The molecular weight excluding hydrogens is 356 g/mol. The SMILES string of the molecule is Clc1c(-c2ccccc2-c2ccccc2)ccc2sc3ccccc3c12. The van der Waals surface area contributed by atoms with E-state index < -0.39 is 0 Å². The Kier molecular flexibility index (Phi) is 3.77. The van der Waals surface area contributed by atoms with Gasteiger partial charge in [0.25, 0.3) is 0 Å². The van der Waals surface area contributed by atoms with Crippen LogP contribution in [0.25, 0.3) is 42.4 Å².